The van der Waals surface area contributed by atoms with Crippen molar-refractivity contribution in [2.75, 3.05) is 11.1 Å². The van der Waals surface area contributed by atoms with Crippen molar-refractivity contribution >= 4 is 40.5 Å². The topological polar surface area (TPSA) is 55.1 Å². The van der Waals surface area contributed by atoms with Gasteiger partial charge in [-0.25, -0.2) is 0 Å². The number of aryl methyl sites for hydroxylation is 1. The van der Waals surface area contributed by atoms with Gasteiger partial charge in [-0.2, -0.15) is 0 Å². The fourth-order valence-corrected chi connectivity index (χ4v) is 2.02. The van der Waals surface area contributed by atoms with Crippen LogP contribution < -0.4 is 11.1 Å². The van der Waals surface area contributed by atoms with E-state index in [-0.39, 0.29) is 5.91 Å². The SMILES string of the molecule is Cc1cccc(C(=O)Nc2cccc(Cl)c2Cl)c1N. The molecular weight excluding hydrogens is 283 g/mol. The van der Waals surface area contributed by atoms with Crippen LogP contribution in [0.25, 0.3) is 0 Å². The van der Waals surface area contributed by atoms with Crippen molar-refractivity contribution in [3.63, 3.8) is 0 Å². The van der Waals surface area contributed by atoms with Crippen molar-refractivity contribution in [3.8, 4) is 0 Å². The van der Waals surface area contributed by atoms with Gasteiger partial charge in [-0.1, -0.05) is 41.4 Å². The predicted octanol–water partition coefficient (Wildman–Crippen LogP) is 4.14. The van der Waals surface area contributed by atoms with Gasteiger partial charge in [0.05, 0.1) is 21.3 Å². The molecule has 3 nitrogen and oxygen atoms in total. The minimum atomic E-state index is -0.314. The highest BCUT2D eigenvalue weighted by molar-refractivity contribution is 6.44. The smallest absolute Gasteiger partial charge is 0.257 e. The molecule has 2 aromatic rings. The molecule has 0 radical (unpaired) electrons. The summed E-state index contributed by atoms with van der Waals surface area (Å²) in [7, 11) is 0. The summed E-state index contributed by atoms with van der Waals surface area (Å²) in [6.45, 7) is 1.85. The Labute approximate surface area is 121 Å². The van der Waals surface area contributed by atoms with Gasteiger partial charge in [0.25, 0.3) is 5.91 Å². The summed E-state index contributed by atoms with van der Waals surface area (Å²) in [5, 5.41) is 3.39. The molecular formula is C14H12Cl2N2O. The van der Waals surface area contributed by atoms with Crippen LogP contribution in [0.2, 0.25) is 10.0 Å². The number of hydrogen-bond donors (Lipinski definition) is 2. The molecule has 0 atom stereocenters. The van der Waals surface area contributed by atoms with E-state index in [4.69, 9.17) is 28.9 Å². The largest absolute Gasteiger partial charge is 0.398 e. The Bertz CT molecular complexity index is 641. The van der Waals surface area contributed by atoms with Crippen molar-refractivity contribution in [1.82, 2.24) is 0 Å². The number of carbonyl (C=O) groups is 1. The number of halogens is 2. The Hall–Kier alpha value is -1.71. The standard InChI is InChI=1S/C14H12Cl2N2O/c1-8-4-2-5-9(13(8)17)14(19)18-11-7-3-6-10(15)12(11)16/h2-7H,17H2,1H3,(H,18,19). The summed E-state index contributed by atoms with van der Waals surface area (Å²) in [6, 6.07) is 10.3. The average molecular weight is 295 g/mol. The zero-order valence-electron chi connectivity index (χ0n) is 10.2. The van der Waals surface area contributed by atoms with Crippen LogP contribution in [0, 0.1) is 6.92 Å². The summed E-state index contributed by atoms with van der Waals surface area (Å²) < 4.78 is 0. The zero-order valence-corrected chi connectivity index (χ0v) is 11.7. The van der Waals surface area contributed by atoms with Crippen LogP contribution in [-0.4, -0.2) is 5.91 Å². The highest BCUT2D eigenvalue weighted by atomic mass is 35.5. The second-order valence-corrected chi connectivity index (χ2v) is 4.88. The molecule has 1 amide bonds. The monoisotopic (exact) mass is 294 g/mol. The van der Waals surface area contributed by atoms with Crippen molar-refractivity contribution < 1.29 is 4.79 Å². The molecule has 0 saturated carbocycles. The van der Waals surface area contributed by atoms with E-state index in [2.05, 4.69) is 5.32 Å². The molecule has 2 rings (SSSR count). The first-order chi connectivity index (χ1) is 9.00. The molecule has 0 aliphatic carbocycles. The van der Waals surface area contributed by atoms with E-state index in [1.807, 2.05) is 13.0 Å². The van der Waals surface area contributed by atoms with Gasteiger partial charge in [-0.15, -0.1) is 0 Å². The zero-order chi connectivity index (χ0) is 14.0. The third-order valence-electron chi connectivity index (χ3n) is 2.77. The number of nitrogens with one attached hydrogen (secondary N) is 1. The maximum absolute atomic E-state index is 12.2. The number of benzene rings is 2. The van der Waals surface area contributed by atoms with Crippen LogP contribution in [0.3, 0.4) is 0 Å². The number of para-hydroxylation sites is 1. The summed E-state index contributed by atoms with van der Waals surface area (Å²) in [5.74, 6) is -0.314. The van der Waals surface area contributed by atoms with E-state index >= 15 is 0 Å². The number of carbonyl (C=O) groups excluding carboxylic acids is 1. The van der Waals surface area contributed by atoms with Crippen LogP contribution in [-0.2, 0) is 0 Å². The number of nitrogens with two attached hydrogens (primary N) is 1. The highest BCUT2D eigenvalue weighted by Crippen LogP contribution is 2.30. The van der Waals surface area contributed by atoms with Gasteiger partial charge in [-0.05, 0) is 30.7 Å². The Morgan fingerprint density at radius 3 is 2.58 bits per heavy atom. The maximum Gasteiger partial charge on any atom is 0.257 e. The molecule has 0 unspecified atom stereocenters. The molecule has 0 heterocycles. The van der Waals surface area contributed by atoms with Crippen molar-refractivity contribution in [2.45, 2.75) is 6.92 Å². The molecule has 0 aliphatic rings. The third-order valence-corrected chi connectivity index (χ3v) is 3.59. The molecule has 98 valence electrons. The first-order valence-electron chi connectivity index (χ1n) is 5.61. The van der Waals surface area contributed by atoms with Gasteiger partial charge in [-0.3, -0.25) is 4.79 Å². The lowest BCUT2D eigenvalue weighted by Crippen LogP contribution is -2.14. The normalized spacial score (nSPS) is 10.3. The molecule has 3 N–H and O–H groups in total. The van der Waals surface area contributed by atoms with Gasteiger partial charge in [0.2, 0.25) is 0 Å². The van der Waals surface area contributed by atoms with Crippen LogP contribution in [0.15, 0.2) is 36.4 Å². The molecule has 0 saturated heterocycles. The molecule has 0 aromatic heterocycles. The second kappa shape index (κ2) is 5.51. The highest BCUT2D eigenvalue weighted by Gasteiger charge is 2.13. The first-order valence-corrected chi connectivity index (χ1v) is 6.36. The van der Waals surface area contributed by atoms with Gasteiger partial charge in [0.15, 0.2) is 0 Å². The Balaban J connectivity index is 2.31. The maximum atomic E-state index is 12.2. The molecule has 0 fully saturated rings. The van der Waals surface area contributed by atoms with E-state index in [1.165, 1.54) is 0 Å². The minimum Gasteiger partial charge on any atom is -0.398 e. The van der Waals surface area contributed by atoms with Crippen LogP contribution in [0.4, 0.5) is 11.4 Å². The Morgan fingerprint density at radius 1 is 1.16 bits per heavy atom. The fourth-order valence-electron chi connectivity index (χ4n) is 1.67. The van der Waals surface area contributed by atoms with Crippen molar-refractivity contribution in [2.24, 2.45) is 0 Å². The average Bonchev–Trinajstić information content (AvgIpc) is 2.38. The van der Waals surface area contributed by atoms with Crippen LogP contribution in [0.5, 0.6) is 0 Å². The van der Waals surface area contributed by atoms with E-state index in [1.54, 1.807) is 30.3 Å². The van der Waals surface area contributed by atoms with E-state index in [0.29, 0.717) is 27.0 Å². The number of nitrogen functional groups attached to an aromatic ring is 1. The molecule has 5 heteroatoms. The van der Waals surface area contributed by atoms with Gasteiger partial charge in [0, 0.05) is 5.69 Å². The summed E-state index contributed by atoms with van der Waals surface area (Å²) in [6.07, 6.45) is 0. The fraction of sp³-hybridized carbons (Fsp3) is 0.0714. The molecule has 2 aromatic carbocycles. The molecule has 0 aliphatic heterocycles. The van der Waals surface area contributed by atoms with E-state index in [0.717, 1.165) is 5.56 Å². The molecule has 19 heavy (non-hydrogen) atoms. The van der Waals surface area contributed by atoms with Gasteiger partial charge in [0.1, 0.15) is 0 Å². The third kappa shape index (κ3) is 2.83. The van der Waals surface area contributed by atoms with E-state index in [9.17, 15) is 4.79 Å². The quantitative estimate of drug-likeness (QED) is 0.818. The van der Waals surface area contributed by atoms with Gasteiger partial charge < -0.3 is 11.1 Å². The molecule has 0 spiro atoms. The Morgan fingerprint density at radius 2 is 1.84 bits per heavy atom. The molecule has 0 bridgehead atoms. The summed E-state index contributed by atoms with van der Waals surface area (Å²) in [4.78, 5) is 12.2. The number of rotatable bonds is 2. The van der Waals surface area contributed by atoms with Crippen LogP contribution >= 0.6 is 23.2 Å². The van der Waals surface area contributed by atoms with Crippen LogP contribution in [0.1, 0.15) is 15.9 Å². The second-order valence-electron chi connectivity index (χ2n) is 4.09. The van der Waals surface area contributed by atoms with Crippen molar-refractivity contribution in [1.29, 1.82) is 0 Å². The lowest BCUT2D eigenvalue weighted by atomic mass is 10.1. The number of anilines is 2. The lowest BCUT2D eigenvalue weighted by molar-refractivity contribution is 0.102. The van der Waals surface area contributed by atoms with Gasteiger partial charge >= 0.3 is 0 Å². The number of amides is 1. The summed E-state index contributed by atoms with van der Waals surface area (Å²) >= 11 is 11.9. The predicted molar refractivity (Wildman–Crippen MR) is 80.0 cm³/mol. The lowest BCUT2D eigenvalue weighted by Gasteiger charge is -2.10. The number of hydrogen-bond acceptors (Lipinski definition) is 2. The minimum absolute atomic E-state index is 0.309. The Kier molecular flexibility index (Phi) is 3.98. The van der Waals surface area contributed by atoms with Crippen molar-refractivity contribution in [3.05, 3.63) is 57.6 Å². The first kappa shape index (κ1) is 13.7. The van der Waals surface area contributed by atoms with E-state index < -0.39 is 0 Å². The summed E-state index contributed by atoms with van der Waals surface area (Å²) in [5.41, 5.74) is 8.06.